The van der Waals surface area contributed by atoms with Gasteiger partial charge in [-0.05, 0) is 92.6 Å². The van der Waals surface area contributed by atoms with E-state index in [4.69, 9.17) is 4.74 Å². The molecule has 4 rings (SSSR count). The number of alkyl carbamates (subject to hydrolysis) is 1. The summed E-state index contributed by atoms with van der Waals surface area (Å²) >= 11 is 0. The third-order valence-corrected chi connectivity index (χ3v) is 6.09. The molecule has 0 spiro atoms. The second-order valence-electron chi connectivity index (χ2n) is 10.3. The molecule has 3 aromatic carbocycles. The van der Waals surface area contributed by atoms with Gasteiger partial charge in [0.1, 0.15) is 5.60 Å². The molecule has 1 aliphatic carbocycles. The number of aryl methyl sites for hydroxylation is 1. The zero-order valence-electron chi connectivity index (χ0n) is 21.1. The van der Waals surface area contributed by atoms with Gasteiger partial charge in [-0.15, -0.1) is 0 Å². The van der Waals surface area contributed by atoms with E-state index in [0.717, 1.165) is 23.3 Å². The fourth-order valence-corrected chi connectivity index (χ4v) is 4.59. The molecule has 194 valence electrons. The molecule has 1 aliphatic rings. The van der Waals surface area contributed by atoms with Crippen LogP contribution in [0.5, 0.6) is 0 Å². The van der Waals surface area contributed by atoms with Crippen molar-refractivity contribution in [2.45, 2.75) is 58.4 Å². The van der Waals surface area contributed by atoms with E-state index < -0.39 is 29.3 Å². The van der Waals surface area contributed by atoms with Gasteiger partial charge in [0.15, 0.2) is 0 Å². The number of nitrogens with one attached hydrogen (secondary N) is 2. The van der Waals surface area contributed by atoms with E-state index in [1.54, 1.807) is 70.2 Å². The number of carbonyl (C=O) groups excluding carboxylic acids is 2. The molecule has 2 N–H and O–H groups in total. The molecule has 0 bridgehead atoms. The van der Waals surface area contributed by atoms with Gasteiger partial charge in [0.05, 0.1) is 5.56 Å². The van der Waals surface area contributed by atoms with Gasteiger partial charge in [-0.2, -0.15) is 13.2 Å². The van der Waals surface area contributed by atoms with Crippen molar-refractivity contribution in [2.75, 3.05) is 5.32 Å². The van der Waals surface area contributed by atoms with Crippen LogP contribution in [0.1, 0.15) is 53.4 Å². The first-order valence-electron chi connectivity index (χ1n) is 12.0. The van der Waals surface area contributed by atoms with E-state index in [9.17, 15) is 22.8 Å². The molecular formula is C29H29F3N2O3. The van der Waals surface area contributed by atoms with Crippen LogP contribution in [0.15, 0.2) is 60.7 Å². The van der Waals surface area contributed by atoms with Gasteiger partial charge in [0.2, 0.25) is 0 Å². The number of hydrogen-bond acceptors (Lipinski definition) is 3. The smallest absolute Gasteiger partial charge is 0.416 e. The zero-order valence-corrected chi connectivity index (χ0v) is 21.1. The van der Waals surface area contributed by atoms with Crippen LogP contribution in [0, 0.1) is 6.92 Å². The third kappa shape index (κ3) is 6.31. The molecule has 0 saturated heterocycles. The molecule has 0 aliphatic heterocycles. The molecule has 0 heterocycles. The molecule has 5 nitrogen and oxygen atoms in total. The fourth-order valence-electron chi connectivity index (χ4n) is 4.59. The van der Waals surface area contributed by atoms with E-state index in [1.165, 1.54) is 0 Å². The number of anilines is 1. The minimum absolute atomic E-state index is 0.0523. The number of alkyl halides is 3. The molecule has 0 saturated carbocycles. The first-order chi connectivity index (χ1) is 17.3. The highest BCUT2D eigenvalue weighted by molar-refractivity contribution is 6.09. The van der Waals surface area contributed by atoms with E-state index in [-0.39, 0.29) is 11.6 Å². The lowest BCUT2D eigenvalue weighted by Gasteiger charge is -2.21. The van der Waals surface area contributed by atoms with Crippen LogP contribution in [-0.2, 0) is 23.8 Å². The highest BCUT2D eigenvalue weighted by Gasteiger charge is 2.33. The molecular weight excluding hydrogens is 481 g/mol. The number of rotatable bonds is 4. The van der Waals surface area contributed by atoms with E-state index in [1.807, 2.05) is 6.07 Å². The largest absolute Gasteiger partial charge is 0.444 e. The lowest BCUT2D eigenvalue weighted by atomic mass is 9.92. The van der Waals surface area contributed by atoms with Crippen LogP contribution < -0.4 is 10.6 Å². The first-order valence-corrected chi connectivity index (χ1v) is 12.0. The number of halogens is 3. The molecule has 0 fully saturated rings. The Morgan fingerprint density at radius 2 is 1.59 bits per heavy atom. The highest BCUT2D eigenvalue weighted by atomic mass is 19.4. The quantitative estimate of drug-likeness (QED) is 0.400. The fraction of sp³-hybridized carbons (Fsp3) is 0.310. The zero-order chi connectivity index (χ0) is 27.0. The van der Waals surface area contributed by atoms with Gasteiger partial charge in [-0.25, -0.2) is 4.79 Å². The normalized spacial score (nSPS) is 15.2. The standard InChI is InChI=1S/C29H29F3N2O3/c1-17-12-21(29(30,31)32)16-24(25(17)18-8-6-5-7-9-18)26(35)33-22-11-10-19-13-23(15-20(19)14-22)34-27(36)37-28(2,3)4/h5-12,14,16,23H,13,15H2,1-4H3,(H,33,35)(H,34,36). The summed E-state index contributed by atoms with van der Waals surface area (Å²) in [6, 6.07) is 16.1. The maximum atomic E-state index is 13.6. The van der Waals surface area contributed by atoms with Crippen LogP contribution in [-0.4, -0.2) is 23.6 Å². The van der Waals surface area contributed by atoms with Crippen LogP contribution in [0.4, 0.5) is 23.7 Å². The van der Waals surface area contributed by atoms with E-state index in [0.29, 0.717) is 35.2 Å². The Kier molecular flexibility index (Phi) is 7.04. The second kappa shape index (κ2) is 9.92. The monoisotopic (exact) mass is 510 g/mol. The van der Waals surface area contributed by atoms with Gasteiger partial charge in [-0.1, -0.05) is 36.4 Å². The molecule has 0 radical (unpaired) electrons. The van der Waals surface area contributed by atoms with Crippen LogP contribution in [0.3, 0.4) is 0 Å². The third-order valence-electron chi connectivity index (χ3n) is 6.09. The Labute approximate surface area is 214 Å². The van der Waals surface area contributed by atoms with Gasteiger partial charge in [0.25, 0.3) is 5.91 Å². The van der Waals surface area contributed by atoms with Crippen molar-refractivity contribution in [1.29, 1.82) is 0 Å². The average Bonchev–Trinajstić information content (AvgIpc) is 3.18. The predicted molar refractivity (Wildman–Crippen MR) is 137 cm³/mol. The van der Waals surface area contributed by atoms with Crippen molar-refractivity contribution in [3.63, 3.8) is 0 Å². The number of carbonyl (C=O) groups is 2. The van der Waals surface area contributed by atoms with Crippen molar-refractivity contribution >= 4 is 17.7 Å². The SMILES string of the molecule is Cc1cc(C(F)(F)F)cc(C(=O)Nc2ccc3c(c2)CC(NC(=O)OC(C)(C)C)C3)c1-c1ccccc1. The second-order valence-corrected chi connectivity index (χ2v) is 10.3. The molecule has 3 aromatic rings. The lowest BCUT2D eigenvalue weighted by molar-refractivity contribution is -0.137. The minimum Gasteiger partial charge on any atom is -0.444 e. The van der Waals surface area contributed by atoms with Crippen molar-refractivity contribution in [3.05, 3.63) is 88.5 Å². The maximum Gasteiger partial charge on any atom is 0.416 e. The Morgan fingerprint density at radius 1 is 0.919 bits per heavy atom. The summed E-state index contributed by atoms with van der Waals surface area (Å²) in [5, 5.41) is 5.64. The molecule has 8 heteroatoms. The Hall–Kier alpha value is -3.81. The van der Waals surface area contributed by atoms with Gasteiger partial charge >= 0.3 is 12.3 Å². The summed E-state index contributed by atoms with van der Waals surface area (Å²) in [7, 11) is 0. The number of benzene rings is 3. The average molecular weight is 511 g/mol. The number of hydrogen-bond donors (Lipinski definition) is 2. The maximum absolute atomic E-state index is 13.6. The van der Waals surface area contributed by atoms with Crippen molar-refractivity contribution in [3.8, 4) is 11.1 Å². The summed E-state index contributed by atoms with van der Waals surface area (Å²) in [6.45, 7) is 6.95. The first kappa shape index (κ1) is 26.3. The summed E-state index contributed by atoms with van der Waals surface area (Å²) in [5.74, 6) is -0.630. The van der Waals surface area contributed by atoms with Crippen molar-refractivity contribution < 1.29 is 27.5 Å². The Morgan fingerprint density at radius 3 is 2.24 bits per heavy atom. The number of fused-ring (bicyclic) bond motifs is 1. The van der Waals surface area contributed by atoms with Crippen LogP contribution >= 0.6 is 0 Å². The minimum atomic E-state index is -4.58. The number of amides is 2. The molecule has 0 aromatic heterocycles. The number of ether oxygens (including phenoxy) is 1. The Bertz CT molecular complexity index is 1330. The van der Waals surface area contributed by atoms with Gasteiger partial charge in [-0.3, -0.25) is 4.79 Å². The summed E-state index contributed by atoms with van der Waals surface area (Å²) in [6.07, 6.45) is -3.91. The highest BCUT2D eigenvalue weighted by Crippen LogP contribution is 2.36. The van der Waals surface area contributed by atoms with Gasteiger partial charge < -0.3 is 15.4 Å². The predicted octanol–water partition coefficient (Wildman–Crippen LogP) is 6.93. The summed E-state index contributed by atoms with van der Waals surface area (Å²) in [4.78, 5) is 25.5. The molecule has 2 amide bonds. The molecule has 1 unspecified atom stereocenters. The van der Waals surface area contributed by atoms with Crippen LogP contribution in [0.25, 0.3) is 11.1 Å². The molecule has 37 heavy (non-hydrogen) atoms. The van der Waals surface area contributed by atoms with E-state index in [2.05, 4.69) is 10.6 Å². The van der Waals surface area contributed by atoms with Crippen molar-refractivity contribution in [2.24, 2.45) is 0 Å². The summed E-state index contributed by atoms with van der Waals surface area (Å²) in [5.41, 5.74) is 2.38. The van der Waals surface area contributed by atoms with Gasteiger partial charge in [0, 0.05) is 17.3 Å². The van der Waals surface area contributed by atoms with E-state index >= 15 is 0 Å². The summed E-state index contributed by atoms with van der Waals surface area (Å²) < 4.78 is 46.0. The van der Waals surface area contributed by atoms with Crippen molar-refractivity contribution in [1.82, 2.24) is 5.32 Å². The topological polar surface area (TPSA) is 67.4 Å². The van der Waals surface area contributed by atoms with Crippen LogP contribution in [0.2, 0.25) is 0 Å². The Balaban J connectivity index is 1.57. The molecule has 1 atom stereocenters. The lowest BCUT2D eigenvalue weighted by Crippen LogP contribution is -2.39.